The van der Waals surface area contributed by atoms with E-state index in [0.717, 1.165) is 18.5 Å². The van der Waals surface area contributed by atoms with Crippen LogP contribution in [0.4, 0.5) is 0 Å². The average molecular weight is 269 g/mol. The lowest BCUT2D eigenvalue weighted by molar-refractivity contribution is 0.174. The van der Waals surface area contributed by atoms with Crippen molar-refractivity contribution in [3.05, 3.63) is 0 Å². The number of hydrogen-bond acceptors (Lipinski definition) is 3. The molecule has 1 unspecified atom stereocenters. The van der Waals surface area contributed by atoms with Gasteiger partial charge in [-0.25, -0.2) is 0 Å². The summed E-state index contributed by atoms with van der Waals surface area (Å²) in [7, 11) is 4.54. The molecule has 3 heteroatoms. The fraction of sp³-hybridized carbons (Fsp3) is 1.00. The van der Waals surface area contributed by atoms with Crippen molar-refractivity contribution in [2.24, 2.45) is 5.92 Å². The summed E-state index contributed by atoms with van der Waals surface area (Å²) in [5.41, 5.74) is 0. The number of likely N-dealkylation sites (tertiary alicyclic amines) is 1. The molecule has 19 heavy (non-hydrogen) atoms. The molecule has 0 aromatic rings. The van der Waals surface area contributed by atoms with Crippen LogP contribution in [0.1, 0.15) is 46.0 Å². The van der Waals surface area contributed by atoms with Crippen molar-refractivity contribution < 1.29 is 0 Å². The Kier molecular flexibility index (Phi) is 8.67. The minimum atomic E-state index is 0.724. The smallest absolute Gasteiger partial charge is 0.00647 e. The third kappa shape index (κ3) is 7.28. The van der Waals surface area contributed by atoms with Gasteiger partial charge in [0, 0.05) is 12.6 Å². The van der Waals surface area contributed by atoms with E-state index in [2.05, 4.69) is 43.1 Å². The van der Waals surface area contributed by atoms with E-state index in [0.29, 0.717) is 0 Å². The summed E-state index contributed by atoms with van der Waals surface area (Å²) in [4.78, 5) is 5.01. The molecule has 0 saturated carbocycles. The maximum atomic E-state index is 3.57. The van der Waals surface area contributed by atoms with Gasteiger partial charge in [0.05, 0.1) is 0 Å². The topological polar surface area (TPSA) is 18.5 Å². The van der Waals surface area contributed by atoms with Gasteiger partial charge in [-0.2, -0.15) is 0 Å². The zero-order valence-electron chi connectivity index (χ0n) is 13.6. The van der Waals surface area contributed by atoms with Crippen molar-refractivity contribution in [1.82, 2.24) is 15.1 Å². The fourth-order valence-electron chi connectivity index (χ4n) is 3.12. The van der Waals surface area contributed by atoms with Gasteiger partial charge in [0.1, 0.15) is 0 Å². The fourth-order valence-corrected chi connectivity index (χ4v) is 3.12. The quantitative estimate of drug-likeness (QED) is 0.693. The number of nitrogens with one attached hydrogen (secondary N) is 1. The van der Waals surface area contributed by atoms with Crippen LogP contribution in [0.15, 0.2) is 0 Å². The lowest BCUT2D eigenvalue weighted by atomic mass is 9.96. The molecule has 1 atom stereocenters. The molecule has 1 heterocycles. The Morgan fingerprint density at radius 3 is 2.53 bits per heavy atom. The third-order valence-electron chi connectivity index (χ3n) is 4.49. The van der Waals surface area contributed by atoms with Crippen LogP contribution in [0.5, 0.6) is 0 Å². The first-order chi connectivity index (χ1) is 9.15. The number of nitrogens with zero attached hydrogens (tertiary/aromatic N) is 2. The minimum absolute atomic E-state index is 0.724. The monoisotopic (exact) mass is 269 g/mol. The molecule has 1 rings (SSSR count). The van der Waals surface area contributed by atoms with E-state index in [1.54, 1.807) is 0 Å². The van der Waals surface area contributed by atoms with Gasteiger partial charge < -0.3 is 15.1 Å². The van der Waals surface area contributed by atoms with Crippen molar-refractivity contribution in [2.45, 2.75) is 52.0 Å². The predicted octanol–water partition coefficient (Wildman–Crippen LogP) is 2.43. The molecule has 1 aliphatic heterocycles. The lowest BCUT2D eigenvalue weighted by Gasteiger charge is -2.31. The minimum Gasteiger partial charge on any atom is -0.314 e. The Bertz CT molecular complexity index is 212. The van der Waals surface area contributed by atoms with E-state index in [9.17, 15) is 0 Å². The van der Waals surface area contributed by atoms with E-state index < -0.39 is 0 Å². The van der Waals surface area contributed by atoms with Crippen LogP contribution < -0.4 is 5.32 Å². The molecular formula is C16H35N3. The first-order valence-electron chi connectivity index (χ1n) is 8.26. The van der Waals surface area contributed by atoms with Crippen LogP contribution >= 0.6 is 0 Å². The molecule has 1 fully saturated rings. The summed E-state index contributed by atoms with van der Waals surface area (Å²) >= 11 is 0. The Morgan fingerprint density at radius 2 is 1.95 bits per heavy atom. The molecule has 3 nitrogen and oxygen atoms in total. The van der Waals surface area contributed by atoms with E-state index in [1.165, 1.54) is 58.3 Å². The molecular weight excluding hydrogens is 234 g/mol. The lowest BCUT2D eigenvalue weighted by Crippen LogP contribution is -2.36. The number of piperidine rings is 1. The maximum absolute atomic E-state index is 3.57. The highest BCUT2D eigenvalue weighted by atomic mass is 15.1. The van der Waals surface area contributed by atoms with Gasteiger partial charge in [0.2, 0.25) is 0 Å². The van der Waals surface area contributed by atoms with Crippen molar-refractivity contribution in [3.63, 3.8) is 0 Å². The van der Waals surface area contributed by atoms with Crippen LogP contribution in [0.25, 0.3) is 0 Å². The second kappa shape index (κ2) is 9.73. The van der Waals surface area contributed by atoms with E-state index in [4.69, 9.17) is 0 Å². The summed E-state index contributed by atoms with van der Waals surface area (Å²) in [6.07, 6.45) is 6.68. The molecule has 0 amide bonds. The van der Waals surface area contributed by atoms with Gasteiger partial charge in [-0.05, 0) is 78.3 Å². The van der Waals surface area contributed by atoms with Crippen molar-refractivity contribution in [2.75, 3.05) is 46.8 Å². The molecule has 1 aliphatic rings. The van der Waals surface area contributed by atoms with Gasteiger partial charge in [0.25, 0.3) is 0 Å². The Balaban J connectivity index is 2.08. The molecule has 0 aromatic carbocycles. The van der Waals surface area contributed by atoms with E-state index >= 15 is 0 Å². The van der Waals surface area contributed by atoms with Crippen LogP contribution in [0.3, 0.4) is 0 Å². The Hall–Kier alpha value is -0.120. The van der Waals surface area contributed by atoms with Gasteiger partial charge in [-0.1, -0.05) is 13.8 Å². The standard InChI is InChI=1S/C16H35N3/c1-5-16(17-6-2)8-7-11-19(4)14-15-9-12-18(3)13-10-15/h15-17H,5-14H2,1-4H3. The number of rotatable bonds is 9. The summed E-state index contributed by atoms with van der Waals surface area (Å²) in [5.74, 6) is 0.928. The molecule has 1 N–H and O–H groups in total. The maximum Gasteiger partial charge on any atom is 0.00647 e. The highest BCUT2D eigenvalue weighted by Gasteiger charge is 2.17. The van der Waals surface area contributed by atoms with Crippen molar-refractivity contribution in [3.8, 4) is 0 Å². The molecule has 0 aliphatic carbocycles. The summed E-state index contributed by atoms with van der Waals surface area (Å²) in [5, 5.41) is 3.57. The molecule has 0 bridgehead atoms. The molecule has 1 saturated heterocycles. The molecule has 0 aromatic heterocycles. The third-order valence-corrected chi connectivity index (χ3v) is 4.49. The summed E-state index contributed by atoms with van der Waals surface area (Å²) in [6.45, 7) is 10.7. The Labute approximate surface area is 120 Å². The van der Waals surface area contributed by atoms with Gasteiger partial charge in [-0.3, -0.25) is 0 Å². The van der Waals surface area contributed by atoms with Gasteiger partial charge in [-0.15, -0.1) is 0 Å². The predicted molar refractivity (Wildman–Crippen MR) is 84.7 cm³/mol. The zero-order valence-corrected chi connectivity index (χ0v) is 13.6. The van der Waals surface area contributed by atoms with Crippen LogP contribution in [-0.2, 0) is 0 Å². The second-order valence-corrected chi connectivity index (χ2v) is 6.31. The largest absolute Gasteiger partial charge is 0.314 e. The SMILES string of the molecule is CCNC(CC)CCCN(C)CC1CCN(C)CC1. The summed E-state index contributed by atoms with van der Waals surface area (Å²) in [6, 6.07) is 0.724. The van der Waals surface area contributed by atoms with Crippen LogP contribution in [0, 0.1) is 5.92 Å². The normalized spacial score (nSPS) is 20.1. The molecule has 0 spiro atoms. The van der Waals surface area contributed by atoms with Crippen molar-refractivity contribution >= 4 is 0 Å². The number of hydrogen-bond donors (Lipinski definition) is 1. The average Bonchev–Trinajstić information content (AvgIpc) is 2.40. The molecule has 114 valence electrons. The highest BCUT2D eigenvalue weighted by Crippen LogP contribution is 2.17. The van der Waals surface area contributed by atoms with Crippen LogP contribution in [0.2, 0.25) is 0 Å². The second-order valence-electron chi connectivity index (χ2n) is 6.31. The first kappa shape index (κ1) is 16.9. The zero-order chi connectivity index (χ0) is 14.1. The van der Waals surface area contributed by atoms with E-state index in [1.807, 2.05) is 0 Å². The summed E-state index contributed by atoms with van der Waals surface area (Å²) < 4.78 is 0. The highest BCUT2D eigenvalue weighted by molar-refractivity contribution is 4.73. The van der Waals surface area contributed by atoms with E-state index in [-0.39, 0.29) is 0 Å². The van der Waals surface area contributed by atoms with Crippen LogP contribution in [-0.4, -0.2) is 62.7 Å². The first-order valence-corrected chi connectivity index (χ1v) is 8.26. The van der Waals surface area contributed by atoms with Gasteiger partial charge >= 0.3 is 0 Å². The van der Waals surface area contributed by atoms with Crippen molar-refractivity contribution in [1.29, 1.82) is 0 Å². The Morgan fingerprint density at radius 1 is 1.26 bits per heavy atom. The molecule has 0 radical (unpaired) electrons. The van der Waals surface area contributed by atoms with Gasteiger partial charge in [0.15, 0.2) is 0 Å².